The summed E-state index contributed by atoms with van der Waals surface area (Å²) in [5.74, 6) is 0.437. The number of hydrogen-bond acceptors (Lipinski definition) is 5. The molecule has 3 heterocycles. The van der Waals surface area contributed by atoms with Crippen LogP contribution in [0.15, 0.2) is 30.6 Å². The first-order valence-electron chi connectivity index (χ1n) is 10.0. The molecule has 0 aromatic carbocycles. The molecule has 156 valence electrons. The van der Waals surface area contributed by atoms with Crippen molar-refractivity contribution in [2.45, 2.75) is 39.2 Å². The maximum absolute atomic E-state index is 12.8. The van der Waals surface area contributed by atoms with E-state index in [-0.39, 0.29) is 23.3 Å². The van der Waals surface area contributed by atoms with Gasteiger partial charge in [0.25, 0.3) is 0 Å². The maximum atomic E-state index is 12.8. The molecule has 2 N–H and O–H groups in total. The average molecular weight is 399 g/mol. The van der Waals surface area contributed by atoms with Crippen LogP contribution >= 0.6 is 0 Å². The molecule has 1 saturated heterocycles. The third-order valence-corrected chi connectivity index (χ3v) is 4.88. The Morgan fingerprint density at radius 3 is 2.55 bits per heavy atom. The van der Waals surface area contributed by atoms with Crippen molar-refractivity contribution < 1.29 is 9.59 Å². The zero-order valence-corrected chi connectivity index (χ0v) is 17.6. The number of carbonyl (C=O) groups excluding carboxylic acids is 2. The van der Waals surface area contributed by atoms with E-state index in [0.29, 0.717) is 12.4 Å². The van der Waals surface area contributed by atoms with Gasteiger partial charge in [-0.2, -0.15) is 5.10 Å². The molecule has 2 aromatic rings. The Balaban J connectivity index is 1.55. The average Bonchev–Trinajstić information content (AvgIpc) is 3.07. The molecule has 0 radical (unpaired) electrons. The van der Waals surface area contributed by atoms with E-state index in [9.17, 15) is 9.59 Å². The van der Waals surface area contributed by atoms with Gasteiger partial charge in [-0.1, -0.05) is 0 Å². The molecule has 1 aliphatic heterocycles. The predicted octanol–water partition coefficient (Wildman–Crippen LogP) is 2.05. The molecule has 0 bridgehead atoms. The monoisotopic (exact) mass is 398 g/mol. The zero-order chi connectivity index (χ0) is 21.0. The van der Waals surface area contributed by atoms with Crippen molar-refractivity contribution in [1.82, 2.24) is 25.0 Å². The van der Waals surface area contributed by atoms with Crippen LogP contribution in [0, 0.1) is 5.92 Å². The van der Waals surface area contributed by atoms with Crippen LogP contribution in [-0.4, -0.2) is 56.7 Å². The van der Waals surface area contributed by atoms with E-state index in [2.05, 4.69) is 25.6 Å². The molecule has 0 unspecified atom stereocenters. The van der Waals surface area contributed by atoms with Crippen molar-refractivity contribution in [2.24, 2.45) is 13.0 Å². The molecule has 8 nitrogen and oxygen atoms in total. The lowest BCUT2D eigenvalue weighted by molar-refractivity contribution is -0.124. The topological polar surface area (TPSA) is 92.2 Å². The van der Waals surface area contributed by atoms with E-state index in [1.165, 1.54) is 0 Å². The smallest absolute Gasteiger partial charge is 0.234 e. The second kappa shape index (κ2) is 8.73. The van der Waals surface area contributed by atoms with Crippen molar-refractivity contribution in [2.75, 3.05) is 25.0 Å². The quantitative estimate of drug-likeness (QED) is 0.804. The molecule has 0 saturated carbocycles. The van der Waals surface area contributed by atoms with Gasteiger partial charge in [-0.15, -0.1) is 0 Å². The maximum Gasteiger partial charge on any atom is 0.234 e. The first kappa shape index (κ1) is 21.0. The zero-order valence-electron chi connectivity index (χ0n) is 17.6. The number of likely N-dealkylation sites (tertiary alicyclic amines) is 1. The number of rotatable bonds is 5. The van der Waals surface area contributed by atoms with Gasteiger partial charge >= 0.3 is 0 Å². The molecule has 2 aromatic heterocycles. The number of anilines is 1. The highest BCUT2D eigenvalue weighted by Gasteiger charge is 2.27. The minimum Gasteiger partial charge on any atom is -0.350 e. The molecule has 1 aliphatic rings. The van der Waals surface area contributed by atoms with Gasteiger partial charge in [-0.25, -0.2) is 4.98 Å². The summed E-state index contributed by atoms with van der Waals surface area (Å²) in [5.41, 5.74) is 1.34. The molecular formula is C21H30N6O2. The highest BCUT2D eigenvalue weighted by Crippen LogP contribution is 2.26. The summed E-state index contributed by atoms with van der Waals surface area (Å²) in [7, 11) is 1.85. The Kier molecular flexibility index (Phi) is 6.32. The predicted molar refractivity (Wildman–Crippen MR) is 112 cm³/mol. The van der Waals surface area contributed by atoms with Gasteiger partial charge in [0.05, 0.1) is 12.2 Å². The normalized spacial score (nSPS) is 15.9. The molecule has 29 heavy (non-hydrogen) atoms. The van der Waals surface area contributed by atoms with Gasteiger partial charge < -0.3 is 10.6 Å². The second-order valence-corrected chi connectivity index (χ2v) is 8.61. The number of carbonyl (C=O) groups is 2. The Bertz CT molecular complexity index is 862. The number of piperidine rings is 1. The van der Waals surface area contributed by atoms with Crippen LogP contribution in [0.1, 0.15) is 33.6 Å². The first-order valence-corrected chi connectivity index (χ1v) is 10.0. The third kappa shape index (κ3) is 5.87. The van der Waals surface area contributed by atoms with Crippen LogP contribution in [0.2, 0.25) is 0 Å². The number of pyridine rings is 1. The Morgan fingerprint density at radius 2 is 1.93 bits per heavy atom. The summed E-state index contributed by atoms with van der Waals surface area (Å²) in [6, 6.07) is 5.63. The van der Waals surface area contributed by atoms with Crippen LogP contribution in [0.4, 0.5) is 5.82 Å². The first-order chi connectivity index (χ1) is 13.7. The molecule has 0 aliphatic carbocycles. The van der Waals surface area contributed by atoms with E-state index < -0.39 is 0 Å². The second-order valence-electron chi connectivity index (χ2n) is 8.61. The minimum absolute atomic E-state index is 0.0221. The Labute approximate surface area is 171 Å². The lowest BCUT2D eigenvalue weighted by Gasteiger charge is -2.31. The third-order valence-electron chi connectivity index (χ3n) is 4.88. The van der Waals surface area contributed by atoms with Crippen molar-refractivity contribution in [3.63, 3.8) is 0 Å². The molecule has 2 amide bonds. The number of aromatic nitrogens is 3. The van der Waals surface area contributed by atoms with Crippen LogP contribution in [0.3, 0.4) is 0 Å². The highest BCUT2D eigenvalue weighted by molar-refractivity contribution is 5.95. The Morgan fingerprint density at radius 1 is 1.21 bits per heavy atom. The highest BCUT2D eigenvalue weighted by atomic mass is 16.2. The van der Waals surface area contributed by atoms with E-state index in [0.717, 1.165) is 37.2 Å². The van der Waals surface area contributed by atoms with Gasteiger partial charge in [0.15, 0.2) is 0 Å². The van der Waals surface area contributed by atoms with Crippen LogP contribution in [0.25, 0.3) is 11.3 Å². The number of nitrogens with one attached hydrogen (secondary N) is 2. The van der Waals surface area contributed by atoms with E-state index >= 15 is 0 Å². The van der Waals surface area contributed by atoms with E-state index in [4.69, 9.17) is 0 Å². The van der Waals surface area contributed by atoms with Gasteiger partial charge in [0.1, 0.15) is 5.82 Å². The SMILES string of the molecule is Cn1ccc(-c2cccnc2NC(=O)C2CCN(CC(=O)NC(C)(C)C)CC2)n1. The molecule has 3 rings (SSSR count). The van der Waals surface area contributed by atoms with Gasteiger partial charge in [0, 0.05) is 36.5 Å². The molecular weight excluding hydrogens is 368 g/mol. The largest absolute Gasteiger partial charge is 0.350 e. The van der Waals surface area contributed by atoms with Crippen molar-refractivity contribution >= 4 is 17.6 Å². The standard InChI is InChI=1S/C21H30N6O2/c1-21(2,3)24-18(28)14-27-12-7-15(8-13-27)20(29)23-19-16(6-5-10-22-19)17-9-11-26(4)25-17/h5-6,9-11,15H,7-8,12-14H2,1-4H3,(H,24,28)(H,22,23,29). The molecule has 1 fully saturated rings. The summed E-state index contributed by atoms with van der Waals surface area (Å²) in [4.78, 5) is 31.4. The fourth-order valence-electron chi connectivity index (χ4n) is 3.50. The summed E-state index contributed by atoms with van der Waals surface area (Å²) in [6.07, 6.45) is 4.97. The lowest BCUT2D eigenvalue weighted by Crippen LogP contribution is -2.48. The van der Waals surface area contributed by atoms with Gasteiger partial charge in [-0.05, 0) is 64.9 Å². The van der Waals surface area contributed by atoms with Crippen molar-refractivity contribution in [3.8, 4) is 11.3 Å². The number of amides is 2. The number of nitrogens with zero attached hydrogens (tertiary/aromatic N) is 4. The van der Waals surface area contributed by atoms with Gasteiger partial charge in [-0.3, -0.25) is 19.2 Å². The number of hydrogen-bond donors (Lipinski definition) is 2. The van der Waals surface area contributed by atoms with Gasteiger partial charge in [0.2, 0.25) is 11.8 Å². The summed E-state index contributed by atoms with van der Waals surface area (Å²) in [5, 5.41) is 10.4. The fourth-order valence-corrected chi connectivity index (χ4v) is 3.50. The van der Waals surface area contributed by atoms with E-state index in [1.807, 2.05) is 52.2 Å². The molecule has 0 atom stereocenters. The van der Waals surface area contributed by atoms with E-state index in [1.54, 1.807) is 10.9 Å². The lowest BCUT2D eigenvalue weighted by atomic mass is 9.95. The fraction of sp³-hybridized carbons (Fsp3) is 0.524. The van der Waals surface area contributed by atoms with Crippen molar-refractivity contribution in [1.29, 1.82) is 0 Å². The molecule has 8 heteroatoms. The summed E-state index contributed by atoms with van der Waals surface area (Å²) < 4.78 is 1.72. The summed E-state index contributed by atoms with van der Waals surface area (Å²) in [6.45, 7) is 7.74. The molecule has 0 spiro atoms. The van der Waals surface area contributed by atoms with Crippen LogP contribution in [0.5, 0.6) is 0 Å². The summed E-state index contributed by atoms with van der Waals surface area (Å²) >= 11 is 0. The van der Waals surface area contributed by atoms with Crippen molar-refractivity contribution in [3.05, 3.63) is 30.6 Å². The minimum atomic E-state index is -0.233. The van der Waals surface area contributed by atoms with Crippen LogP contribution < -0.4 is 10.6 Å². The number of aryl methyl sites for hydroxylation is 1. The Hall–Kier alpha value is -2.74. The van der Waals surface area contributed by atoms with Crippen LogP contribution in [-0.2, 0) is 16.6 Å².